The molecule has 0 N–H and O–H groups in total. The van der Waals surface area contributed by atoms with Gasteiger partial charge in [0.2, 0.25) is 0 Å². The Balaban J connectivity index is 1.64. The van der Waals surface area contributed by atoms with Gasteiger partial charge in [-0.3, -0.25) is 9.59 Å². The van der Waals surface area contributed by atoms with Crippen molar-refractivity contribution in [2.45, 2.75) is 83.6 Å². The normalized spacial score (nSPS) is 48.7. The molecule has 27 heavy (non-hydrogen) atoms. The molecule has 0 aromatic heterocycles. The molecule has 0 amide bonds. The van der Waals surface area contributed by atoms with Crippen molar-refractivity contribution in [1.29, 1.82) is 0 Å². The first-order chi connectivity index (χ1) is 12.7. The fourth-order valence-corrected chi connectivity index (χ4v) is 8.63. The van der Waals surface area contributed by atoms with Crippen LogP contribution >= 0.6 is 15.9 Å². The lowest BCUT2D eigenvalue weighted by molar-refractivity contribution is -0.149. The number of ketones is 1. The molecule has 0 heterocycles. The maximum Gasteiger partial charge on any atom is 0.302 e. The molecule has 4 heteroatoms. The number of esters is 1. The molecule has 8 atom stereocenters. The van der Waals surface area contributed by atoms with Gasteiger partial charge in [0.25, 0.3) is 0 Å². The molecule has 0 aromatic rings. The van der Waals surface area contributed by atoms with Crippen LogP contribution in [0.3, 0.4) is 0 Å². The van der Waals surface area contributed by atoms with Crippen LogP contribution in [0, 0.1) is 34.5 Å². The van der Waals surface area contributed by atoms with Gasteiger partial charge in [-0.25, -0.2) is 0 Å². The second-order valence-corrected chi connectivity index (χ2v) is 11.2. The van der Waals surface area contributed by atoms with Gasteiger partial charge in [-0.1, -0.05) is 41.4 Å². The monoisotopic (exact) mass is 436 g/mol. The smallest absolute Gasteiger partial charge is 0.302 e. The summed E-state index contributed by atoms with van der Waals surface area (Å²) in [5, 5.41) is 0. The maximum absolute atomic E-state index is 12.3. The molecular weight excluding hydrogens is 404 g/mol. The Kier molecular flexibility index (Phi) is 4.89. The summed E-state index contributed by atoms with van der Waals surface area (Å²) < 4.78 is 5.55. The maximum atomic E-state index is 12.3. The van der Waals surface area contributed by atoms with Crippen molar-refractivity contribution < 1.29 is 14.3 Å². The van der Waals surface area contributed by atoms with E-state index in [0.29, 0.717) is 28.4 Å². The number of hydrogen-bond acceptors (Lipinski definition) is 3. The molecule has 0 aliphatic heterocycles. The third kappa shape index (κ3) is 2.96. The van der Waals surface area contributed by atoms with Crippen molar-refractivity contribution in [2.75, 3.05) is 0 Å². The number of ether oxygens (including phenoxy) is 1. The van der Waals surface area contributed by atoms with Gasteiger partial charge >= 0.3 is 5.97 Å². The number of rotatable bonds is 2. The van der Waals surface area contributed by atoms with Crippen molar-refractivity contribution in [3.05, 3.63) is 11.6 Å². The second-order valence-electron chi connectivity index (χ2n) is 10.1. The van der Waals surface area contributed by atoms with Crippen LogP contribution in [0.1, 0.15) is 72.6 Å². The van der Waals surface area contributed by atoms with Crippen LogP contribution in [0.2, 0.25) is 0 Å². The Morgan fingerprint density at radius 1 is 1.07 bits per heavy atom. The van der Waals surface area contributed by atoms with E-state index in [1.165, 1.54) is 31.8 Å². The van der Waals surface area contributed by atoms with Gasteiger partial charge < -0.3 is 4.74 Å². The molecule has 3 fully saturated rings. The molecule has 0 aromatic carbocycles. The Morgan fingerprint density at radius 3 is 2.48 bits per heavy atom. The first kappa shape index (κ1) is 19.7. The molecule has 4 aliphatic rings. The molecule has 3 saturated carbocycles. The first-order valence-electron chi connectivity index (χ1n) is 10.7. The fourth-order valence-electron chi connectivity index (χ4n) is 7.57. The number of allylic oxidation sites excluding steroid dienone is 1. The number of halogens is 1. The summed E-state index contributed by atoms with van der Waals surface area (Å²) in [7, 11) is 0. The summed E-state index contributed by atoms with van der Waals surface area (Å²) in [4.78, 5) is 24.1. The van der Waals surface area contributed by atoms with E-state index in [1.54, 1.807) is 6.92 Å². The molecule has 4 aliphatic carbocycles. The molecule has 0 radical (unpaired) electrons. The fraction of sp³-hybridized carbons (Fsp3) is 0.826. The summed E-state index contributed by atoms with van der Waals surface area (Å²) in [5.41, 5.74) is 1.89. The average molecular weight is 437 g/mol. The highest BCUT2D eigenvalue weighted by Gasteiger charge is 2.61. The van der Waals surface area contributed by atoms with Gasteiger partial charge in [-0.15, -0.1) is 0 Å². The minimum atomic E-state index is -0.164. The van der Waals surface area contributed by atoms with Crippen molar-refractivity contribution in [1.82, 2.24) is 0 Å². The van der Waals surface area contributed by atoms with Crippen LogP contribution in [-0.2, 0) is 14.3 Å². The van der Waals surface area contributed by atoms with E-state index in [1.807, 2.05) is 0 Å². The molecule has 4 rings (SSSR count). The van der Waals surface area contributed by atoms with Gasteiger partial charge in [0.1, 0.15) is 11.9 Å². The number of hydrogen-bond donors (Lipinski definition) is 0. The van der Waals surface area contributed by atoms with Crippen LogP contribution in [0.25, 0.3) is 0 Å². The largest absolute Gasteiger partial charge is 0.462 e. The summed E-state index contributed by atoms with van der Waals surface area (Å²) in [6.07, 6.45) is 10.1. The van der Waals surface area contributed by atoms with E-state index in [4.69, 9.17) is 4.74 Å². The number of Topliss-reactive ketones (excluding diaryl/α,β-unsaturated/α-hetero) is 1. The van der Waals surface area contributed by atoms with Crippen LogP contribution < -0.4 is 0 Å². The number of carbonyl (C=O) groups is 2. The molecular formula is C23H33BrO3. The topological polar surface area (TPSA) is 43.4 Å². The zero-order valence-corrected chi connectivity index (χ0v) is 18.7. The summed E-state index contributed by atoms with van der Waals surface area (Å²) in [5.74, 6) is 2.40. The van der Waals surface area contributed by atoms with Gasteiger partial charge in [0.05, 0.1) is 0 Å². The van der Waals surface area contributed by atoms with Crippen molar-refractivity contribution in [3.8, 4) is 0 Å². The first-order valence-corrected chi connectivity index (χ1v) is 11.6. The Hall–Kier alpha value is -0.640. The van der Waals surface area contributed by atoms with Crippen molar-refractivity contribution in [2.24, 2.45) is 34.5 Å². The van der Waals surface area contributed by atoms with Crippen LogP contribution in [0.5, 0.6) is 0 Å². The van der Waals surface area contributed by atoms with Gasteiger partial charge in [0.15, 0.2) is 0 Å². The highest BCUT2D eigenvalue weighted by Crippen LogP contribution is 2.67. The lowest BCUT2D eigenvalue weighted by atomic mass is 9.47. The SMILES string of the molecule is CC(=O)O[C@@H]1CC[C@@]2(C)C(=C[C@@H](Br)[C@H]3[C@@H]4CC[C@H](C(C)=O)[C@@]4(C)CC[C@@H]32)C1. The standard InChI is InChI=1S/C23H33BrO3/c1-13(25)17-5-6-18-21-19(8-10-23(17,18)4)22(3)9-7-16(27-14(2)26)11-15(22)12-20(21)24/h12,16-21H,5-11H2,1-4H3/t16-,17-,18+,19+,20-,21+,22+,23-/m1/s1. The molecule has 0 saturated heterocycles. The molecule has 0 unspecified atom stereocenters. The molecule has 150 valence electrons. The van der Waals surface area contributed by atoms with E-state index in [-0.39, 0.29) is 28.8 Å². The lowest BCUT2D eigenvalue weighted by Gasteiger charge is -2.59. The number of alkyl halides is 1. The molecule has 3 nitrogen and oxygen atoms in total. The number of carbonyl (C=O) groups excluding carboxylic acids is 2. The Bertz CT molecular complexity index is 685. The van der Waals surface area contributed by atoms with E-state index in [2.05, 4.69) is 35.9 Å². The zero-order chi connectivity index (χ0) is 19.6. The predicted molar refractivity (Wildman–Crippen MR) is 110 cm³/mol. The predicted octanol–water partition coefficient (Wildman–Crippen LogP) is 5.46. The van der Waals surface area contributed by atoms with Crippen LogP contribution in [0.4, 0.5) is 0 Å². The summed E-state index contributed by atoms with van der Waals surface area (Å²) in [6.45, 7) is 8.16. The average Bonchev–Trinajstić information content (AvgIpc) is 2.93. The summed E-state index contributed by atoms with van der Waals surface area (Å²) >= 11 is 4.04. The van der Waals surface area contributed by atoms with Crippen molar-refractivity contribution in [3.63, 3.8) is 0 Å². The van der Waals surface area contributed by atoms with Gasteiger partial charge in [-0.05, 0) is 74.0 Å². The van der Waals surface area contributed by atoms with Crippen LogP contribution in [0.15, 0.2) is 11.6 Å². The van der Waals surface area contributed by atoms with Gasteiger partial charge in [0, 0.05) is 24.1 Å². The van der Waals surface area contributed by atoms with E-state index < -0.39 is 0 Å². The minimum Gasteiger partial charge on any atom is -0.462 e. The minimum absolute atomic E-state index is 0.0421. The number of fused-ring (bicyclic) bond motifs is 5. The molecule has 0 spiro atoms. The van der Waals surface area contributed by atoms with E-state index in [9.17, 15) is 9.59 Å². The Labute approximate surface area is 171 Å². The Morgan fingerprint density at radius 2 is 1.81 bits per heavy atom. The third-order valence-corrected chi connectivity index (χ3v) is 9.74. The van der Waals surface area contributed by atoms with E-state index >= 15 is 0 Å². The van der Waals surface area contributed by atoms with Crippen molar-refractivity contribution >= 4 is 27.7 Å². The highest BCUT2D eigenvalue weighted by molar-refractivity contribution is 9.09. The molecule has 0 bridgehead atoms. The second kappa shape index (κ2) is 6.71. The zero-order valence-electron chi connectivity index (χ0n) is 17.1. The van der Waals surface area contributed by atoms with Gasteiger partial charge in [-0.2, -0.15) is 0 Å². The quantitative estimate of drug-likeness (QED) is 0.327. The summed E-state index contributed by atoms with van der Waals surface area (Å²) in [6, 6.07) is 0. The lowest BCUT2D eigenvalue weighted by Crippen LogP contribution is -2.54. The third-order valence-electron chi connectivity index (χ3n) is 8.87. The van der Waals surface area contributed by atoms with Crippen LogP contribution in [-0.4, -0.2) is 22.7 Å². The van der Waals surface area contributed by atoms with E-state index in [0.717, 1.165) is 25.7 Å². The highest BCUT2D eigenvalue weighted by atomic mass is 79.9.